The van der Waals surface area contributed by atoms with Gasteiger partial charge in [-0.3, -0.25) is 9.88 Å². The van der Waals surface area contributed by atoms with Gasteiger partial charge in [0.1, 0.15) is 0 Å². The number of aryl methyl sites for hydroxylation is 1. The predicted octanol–water partition coefficient (Wildman–Crippen LogP) is 3.55. The first kappa shape index (κ1) is 17.1. The van der Waals surface area contributed by atoms with Gasteiger partial charge in [0.25, 0.3) is 0 Å². The van der Waals surface area contributed by atoms with Crippen LogP contribution in [0.3, 0.4) is 0 Å². The summed E-state index contributed by atoms with van der Waals surface area (Å²) in [5.74, 6) is 0. The highest BCUT2D eigenvalue weighted by atomic mass is 15.2. The maximum atomic E-state index is 4.38. The number of nitrogens with zero attached hydrogens (tertiary/aromatic N) is 2. The molecule has 20 heavy (non-hydrogen) atoms. The minimum absolute atomic E-state index is 0.0636. The highest BCUT2D eigenvalue weighted by Gasteiger charge is 2.34. The lowest BCUT2D eigenvalue weighted by molar-refractivity contribution is 0.0910. The average molecular weight is 277 g/mol. The highest BCUT2D eigenvalue weighted by molar-refractivity contribution is 5.23. The van der Waals surface area contributed by atoms with Gasteiger partial charge in [-0.2, -0.15) is 0 Å². The van der Waals surface area contributed by atoms with E-state index >= 15 is 0 Å². The molecule has 0 radical (unpaired) electrons. The molecule has 0 fully saturated rings. The molecule has 1 rings (SSSR count). The minimum atomic E-state index is 0.0636. The minimum Gasteiger partial charge on any atom is -0.308 e. The molecule has 3 nitrogen and oxygen atoms in total. The van der Waals surface area contributed by atoms with Crippen LogP contribution in [-0.2, 0) is 0 Å². The Balaban J connectivity index is 3.10. The maximum absolute atomic E-state index is 4.38. The Bertz CT molecular complexity index is 397. The van der Waals surface area contributed by atoms with E-state index in [1.807, 2.05) is 12.4 Å². The molecule has 1 N–H and O–H groups in total. The second-order valence-corrected chi connectivity index (χ2v) is 6.01. The molecule has 1 aromatic rings. The van der Waals surface area contributed by atoms with Gasteiger partial charge in [0, 0.05) is 17.9 Å². The fourth-order valence-electron chi connectivity index (χ4n) is 3.02. The summed E-state index contributed by atoms with van der Waals surface area (Å²) in [7, 11) is 0. The number of hydrogen-bond acceptors (Lipinski definition) is 3. The van der Waals surface area contributed by atoms with Gasteiger partial charge in [0.2, 0.25) is 0 Å². The van der Waals surface area contributed by atoms with Crippen LogP contribution in [-0.4, -0.2) is 35.1 Å². The Morgan fingerprint density at radius 1 is 1.20 bits per heavy atom. The van der Waals surface area contributed by atoms with E-state index in [0.29, 0.717) is 6.04 Å². The molecule has 0 aliphatic heterocycles. The summed E-state index contributed by atoms with van der Waals surface area (Å²) in [6.07, 6.45) is 5.07. The molecule has 3 heteroatoms. The Morgan fingerprint density at radius 3 is 2.35 bits per heavy atom. The van der Waals surface area contributed by atoms with Crippen molar-refractivity contribution in [1.82, 2.24) is 15.2 Å². The van der Waals surface area contributed by atoms with E-state index in [2.05, 4.69) is 62.8 Å². The van der Waals surface area contributed by atoms with Crippen molar-refractivity contribution in [3.63, 3.8) is 0 Å². The number of aromatic nitrogens is 1. The third-order valence-corrected chi connectivity index (χ3v) is 4.11. The average Bonchev–Trinajstić information content (AvgIpc) is 2.40. The lowest BCUT2D eigenvalue weighted by Crippen LogP contribution is -2.52. The maximum Gasteiger partial charge on any atom is 0.0517 e. The van der Waals surface area contributed by atoms with Gasteiger partial charge in [-0.15, -0.1) is 0 Å². The van der Waals surface area contributed by atoms with E-state index in [1.54, 1.807) is 0 Å². The second kappa shape index (κ2) is 7.75. The van der Waals surface area contributed by atoms with Gasteiger partial charge >= 0.3 is 0 Å². The predicted molar refractivity (Wildman–Crippen MR) is 87.0 cm³/mol. The van der Waals surface area contributed by atoms with E-state index in [0.717, 1.165) is 26.1 Å². The molecule has 0 aromatic carbocycles. The Hall–Kier alpha value is -0.930. The van der Waals surface area contributed by atoms with Gasteiger partial charge in [-0.25, -0.2) is 0 Å². The second-order valence-electron chi connectivity index (χ2n) is 6.01. The van der Waals surface area contributed by atoms with E-state index in [-0.39, 0.29) is 5.54 Å². The number of pyridine rings is 1. The quantitative estimate of drug-likeness (QED) is 0.787. The van der Waals surface area contributed by atoms with Crippen molar-refractivity contribution in [3.05, 3.63) is 29.6 Å². The molecule has 0 aliphatic rings. The van der Waals surface area contributed by atoms with Crippen molar-refractivity contribution >= 4 is 0 Å². The normalized spacial score (nSPS) is 13.8. The molecule has 114 valence electrons. The van der Waals surface area contributed by atoms with Crippen molar-refractivity contribution in [2.45, 2.75) is 59.5 Å². The molecule has 0 aliphatic carbocycles. The van der Waals surface area contributed by atoms with Gasteiger partial charge in [0.05, 0.1) is 6.04 Å². The summed E-state index contributed by atoms with van der Waals surface area (Å²) in [4.78, 5) is 6.90. The van der Waals surface area contributed by atoms with E-state index < -0.39 is 0 Å². The van der Waals surface area contributed by atoms with Crippen molar-refractivity contribution in [2.75, 3.05) is 19.6 Å². The van der Waals surface area contributed by atoms with Crippen LogP contribution in [0, 0.1) is 6.92 Å². The Labute approximate surface area is 124 Å². The number of hydrogen-bond donors (Lipinski definition) is 1. The van der Waals surface area contributed by atoms with E-state index in [4.69, 9.17) is 0 Å². The largest absolute Gasteiger partial charge is 0.308 e. The monoisotopic (exact) mass is 277 g/mol. The molecule has 1 atom stereocenters. The summed E-state index contributed by atoms with van der Waals surface area (Å²) in [5.41, 5.74) is 2.57. The summed E-state index contributed by atoms with van der Waals surface area (Å²) in [6, 6.07) is 2.56. The molecule has 0 spiro atoms. The SMILES string of the molecule is CCCNC(c1cncc(C)c1)C(C)(C)N(CC)CC. The Kier molecular flexibility index (Phi) is 6.63. The fourth-order valence-corrected chi connectivity index (χ4v) is 3.02. The molecule has 0 amide bonds. The zero-order valence-electron chi connectivity index (χ0n) is 14.0. The van der Waals surface area contributed by atoms with Gasteiger partial charge in [0.15, 0.2) is 0 Å². The number of nitrogens with one attached hydrogen (secondary N) is 1. The first-order valence-corrected chi connectivity index (χ1v) is 7.87. The van der Waals surface area contributed by atoms with Crippen molar-refractivity contribution in [1.29, 1.82) is 0 Å². The summed E-state index contributed by atoms with van der Waals surface area (Å²) in [5, 5.41) is 3.72. The van der Waals surface area contributed by atoms with Crippen LogP contribution in [0.4, 0.5) is 0 Å². The van der Waals surface area contributed by atoms with Gasteiger partial charge in [-0.1, -0.05) is 26.8 Å². The molecule has 0 saturated carbocycles. The first-order valence-electron chi connectivity index (χ1n) is 7.87. The lowest BCUT2D eigenvalue weighted by atomic mass is 9.87. The molecule has 1 unspecified atom stereocenters. The zero-order valence-corrected chi connectivity index (χ0v) is 14.0. The van der Waals surface area contributed by atoms with Crippen molar-refractivity contribution in [2.24, 2.45) is 0 Å². The van der Waals surface area contributed by atoms with Crippen LogP contribution in [0.1, 0.15) is 58.2 Å². The standard InChI is InChI=1S/C17H31N3/c1-7-10-19-16(15-11-14(4)12-18-13-15)17(5,6)20(8-2)9-3/h11-13,16,19H,7-10H2,1-6H3. The van der Waals surface area contributed by atoms with Crippen LogP contribution in [0.5, 0.6) is 0 Å². The van der Waals surface area contributed by atoms with Gasteiger partial charge < -0.3 is 5.32 Å². The van der Waals surface area contributed by atoms with Crippen LogP contribution in [0.2, 0.25) is 0 Å². The van der Waals surface area contributed by atoms with Crippen LogP contribution in [0.15, 0.2) is 18.5 Å². The first-order chi connectivity index (χ1) is 9.47. The number of rotatable bonds is 8. The van der Waals surface area contributed by atoms with Gasteiger partial charge in [-0.05, 0) is 58.0 Å². The number of likely N-dealkylation sites (N-methyl/N-ethyl adjacent to an activating group) is 1. The van der Waals surface area contributed by atoms with Crippen LogP contribution >= 0.6 is 0 Å². The molecule has 0 bridgehead atoms. The van der Waals surface area contributed by atoms with Crippen molar-refractivity contribution in [3.8, 4) is 0 Å². The summed E-state index contributed by atoms with van der Waals surface area (Å²) in [6.45, 7) is 16.6. The molecule has 1 heterocycles. The van der Waals surface area contributed by atoms with E-state index in [1.165, 1.54) is 11.1 Å². The smallest absolute Gasteiger partial charge is 0.0517 e. The Morgan fingerprint density at radius 2 is 1.85 bits per heavy atom. The topological polar surface area (TPSA) is 28.2 Å². The molecular weight excluding hydrogens is 246 g/mol. The molecule has 0 saturated heterocycles. The lowest BCUT2D eigenvalue weighted by Gasteiger charge is -2.44. The van der Waals surface area contributed by atoms with Crippen LogP contribution < -0.4 is 5.32 Å². The third kappa shape index (κ3) is 4.03. The third-order valence-electron chi connectivity index (χ3n) is 4.11. The highest BCUT2D eigenvalue weighted by Crippen LogP contribution is 2.31. The molecule has 1 aromatic heterocycles. The summed E-state index contributed by atoms with van der Waals surface area (Å²) < 4.78 is 0. The van der Waals surface area contributed by atoms with Crippen molar-refractivity contribution < 1.29 is 0 Å². The van der Waals surface area contributed by atoms with E-state index in [9.17, 15) is 0 Å². The van der Waals surface area contributed by atoms with Crippen LogP contribution in [0.25, 0.3) is 0 Å². The molecular formula is C17H31N3. The summed E-state index contributed by atoms with van der Waals surface area (Å²) >= 11 is 0. The zero-order chi connectivity index (χ0) is 15.2. The fraction of sp³-hybridized carbons (Fsp3) is 0.706.